The lowest BCUT2D eigenvalue weighted by atomic mass is 10.0. The summed E-state index contributed by atoms with van der Waals surface area (Å²) in [7, 11) is 0. The van der Waals surface area contributed by atoms with Gasteiger partial charge in [0.15, 0.2) is 0 Å². The van der Waals surface area contributed by atoms with Crippen molar-refractivity contribution in [3.8, 4) is 11.1 Å². The minimum absolute atomic E-state index is 0.166. The van der Waals surface area contributed by atoms with Crippen LogP contribution in [0.1, 0.15) is 16.1 Å². The van der Waals surface area contributed by atoms with Gasteiger partial charge in [0.2, 0.25) is 0 Å². The third-order valence-electron chi connectivity index (χ3n) is 3.52. The number of hydrogen-bond acceptors (Lipinski definition) is 2. The van der Waals surface area contributed by atoms with E-state index in [1.54, 1.807) is 36.5 Å². The van der Waals surface area contributed by atoms with Crippen LogP contribution < -0.4 is 5.32 Å². The molecule has 0 aliphatic carbocycles. The first-order valence-electron chi connectivity index (χ1n) is 7.37. The van der Waals surface area contributed by atoms with E-state index < -0.39 is 0 Å². The van der Waals surface area contributed by atoms with E-state index in [0.29, 0.717) is 22.2 Å². The Morgan fingerprint density at radius 1 is 1.00 bits per heavy atom. The highest BCUT2D eigenvalue weighted by molar-refractivity contribution is 6.35. The first-order valence-corrected chi connectivity index (χ1v) is 8.13. The minimum Gasteiger partial charge on any atom is -0.346 e. The number of halogens is 2. The molecule has 0 aliphatic heterocycles. The zero-order chi connectivity index (χ0) is 16.9. The molecule has 1 aromatic heterocycles. The second-order valence-corrected chi connectivity index (χ2v) is 6.05. The second kappa shape index (κ2) is 7.47. The van der Waals surface area contributed by atoms with Crippen LogP contribution in [0.5, 0.6) is 0 Å². The summed E-state index contributed by atoms with van der Waals surface area (Å²) in [5.74, 6) is -0.166. The van der Waals surface area contributed by atoms with Crippen molar-refractivity contribution < 1.29 is 4.79 Å². The first-order chi connectivity index (χ1) is 11.6. The van der Waals surface area contributed by atoms with Gasteiger partial charge in [-0.2, -0.15) is 0 Å². The number of aromatic nitrogens is 1. The molecule has 0 spiro atoms. The van der Waals surface area contributed by atoms with Gasteiger partial charge in [0.05, 0.1) is 12.2 Å². The van der Waals surface area contributed by atoms with E-state index >= 15 is 0 Å². The van der Waals surface area contributed by atoms with Crippen molar-refractivity contribution in [3.63, 3.8) is 0 Å². The molecule has 24 heavy (non-hydrogen) atoms. The maximum Gasteiger partial charge on any atom is 0.251 e. The normalized spacial score (nSPS) is 10.4. The molecule has 2 aromatic carbocycles. The Morgan fingerprint density at radius 2 is 1.88 bits per heavy atom. The molecule has 5 heteroatoms. The zero-order valence-electron chi connectivity index (χ0n) is 12.7. The fourth-order valence-electron chi connectivity index (χ4n) is 2.32. The van der Waals surface area contributed by atoms with Gasteiger partial charge in [-0.3, -0.25) is 9.78 Å². The zero-order valence-corrected chi connectivity index (χ0v) is 14.2. The number of nitrogens with one attached hydrogen (secondary N) is 1. The van der Waals surface area contributed by atoms with Crippen LogP contribution in [0.2, 0.25) is 10.0 Å². The summed E-state index contributed by atoms with van der Waals surface area (Å²) >= 11 is 12.3. The number of hydrogen-bond donors (Lipinski definition) is 1. The Bertz CT molecular complexity index is 866. The van der Waals surface area contributed by atoms with Crippen LogP contribution in [0.15, 0.2) is 66.9 Å². The third-order valence-corrected chi connectivity index (χ3v) is 4.09. The van der Waals surface area contributed by atoms with Crippen LogP contribution in [0.3, 0.4) is 0 Å². The maximum absolute atomic E-state index is 12.4. The van der Waals surface area contributed by atoms with Gasteiger partial charge in [-0.1, -0.05) is 41.4 Å². The molecule has 0 saturated heterocycles. The summed E-state index contributed by atoms with van der Waals surface area (Å²) in [6, 6.07) is 18.1. The molecular formula is C19H14Cl2N2O. The molecule has 0 radical (unpaired) electrons. The Hall–Kier alpha value is -2.36. The Morgan fingerprint density at radius 3 is 2.67 bits per heavy atom. The molecule has 0 atom stereocenters. The van der Waals surface area contributed by atoms with E-state index in [2.05, 4.69) is 10.3 Å². The smallest absolute Gasteiger partial charge is 0.251 e. The monoisotopic (exact) mass is 356 g/mol. The molecule has 3 aromatic rings. The molecule has 0 unspecified atom stereocenters. The van der Waals surface area contributed by atoms with Crippen molar-refractivity contribution in [1.82, 2.24) is 10.3 Å². The quantitative estimate of drug-likeness (QED) is 0.715. The number of rotatable bonds is 4. The molecule has 1 N–H and O–H groups in total. The van der Waals surface area contributed by atoms with Gasteiger partial charge in [-0.15, -0.1) is 0 Å². The van der Waals surface area contributed by atoms with Gasteiger partial charge in [-0.05, 0) is 48.0 Å². The molecule has 0 bridgehead atoms. The van der Waals surface area contributed by atoms with E-state index in [9.17, 15) is 4.79 Å². The average Bonchev–Trinajstić information content (AvgIpc) is 2.62. The summed E-state index contributed by atoms with van der Waals surface area (Å²) in [5, 5.41) is 4.04. The second-order valence-electron chi connectivity index (χ2n) is 5.21. The molecule has 1 heterocycles. The number of carbonyl (C=O) groups excluding carboxylic acids is 1. The van der Waals surface area contributed by atoms with Gasteiger partial charge >= 0.3 is 0 Å². The van der Waals surface area contributed by atoms with Gasteiger partial charge in [0.1, 0.15) is 0 Å². The highest BCUT2D eigenvalue weighted by atomic mass is 35.5. The van der Waals surface area contributed by atoms with E-state index in [4.69, 9.17) is 23.2 Å². The molecule has 3 rings (SSSR count). The van der Waals surface area contributed by atoms with Crippen LogP contribution in [-0.4, -0.2) is 10.9 Å². The van der Waals surface area contributed by atoms with Crippen molar-refractivity contribution in [2.45, 2.75) is 6.54 Å². The summed E-state index contributed by atoms with van der Waals surface area (Å²) in [6.07, 6.45) is 1.70. The molecular weight excluding hydrogens is 343 g/mol. The van der Waals surface area contributed by atoms with Crippen molar-refractivity contribution in [1.29, 1.82) is 0 Å². The third kappa shape index (κ3) is 3.94. The van der Waals surface area contributed by atoms with Crippen molar-refractivity contribution in [3.05, 3.63) is 88.2 Å². The Balaban J connectivity index is 1.80. The number of nitrogens with zero attached hydrogens (tertiary/aromatic N) is 1. The highest BCUT2D eigenvalue weighted by Gasteiger charge is 2.09. The lowest BCUT2D eigenvalue weighted by Gasteiger charge is -2.09. The fraction of sp³-hybridized carbons (Fsp3) is 0.0526. The number of carbonyl (C=O) groups is 1. The van der Waals surface area contributed by atoms with E-state index in [-0.39, 0.29) is 5.91 Å². The summed E-state index contributed by atoms with van der Waals surface area (Å²) < 4.78 is 0. The van der Waals surface area contributed by atoms with E-state index in [1.165, 1.54) is 0 Å². The largest absolute Gasteiger partial charge is 0.346 e. The predicted molar refractivity (Wildman–Crippen MR) is 97.3 cm³/mol. The fourth-order valence-corrected chi connectivity index (χ4v) is 2.72. The van der Waals surface area contributed by atoms with Crippen molar-refractivity contribution >= 4 is 29.1 Å². The van der Waals surface area contributed by atoms with Crippen molar-refractivity contribution in [2.24, 2.45) is 0 Å². The molecule has 0 fully saturated rings. The van der Waals surface area contributed by atoms with Crippen LogP contribution in [0.25, 0.3) is 11.1 Å². The average molecular weight is 357 g/mol. The molecule has 0 saturated carbocycles. The van der Waals surface area contributed by atoms with Gasteiger partial charge in [0, 0.05) is 27.4 Å². The van der Waals surface area contributed by atoms with Crippen LogP contribution in [0.4, 0.5) is 0 Å². The Kier molecular flexibility index (Phi) is 5.14. The van der Waals surface area contributed by atoms with E-state index in [1.807, 2.05) is 30.3 Å². The van der Waals surface area contributed by atoms with Crippen molar-refractivity contribution in [2.75, 3.05) is 0 Å². The molecule has 1 amide bonds. The SMILES string of the molecule is O=C(NCc1ccccn1)c1cccc(-c2cc(Cl)ccc2Cl)c1. The van der Waals surface area contributed by atoms with Crippen LogP contribution >= 0.6 is 23.2 Å². The van der Waals surface area contributed by atoms with Gasteiger partial charge in [-0.25, -0.2) is 0 Å². The first kappa shape index (κ1) is 16.5. The minimum atomic E-state index is -0.166. The number of amides is 1. The lowest BCUT2D eigenvalue weighted by Crippen LogP contribution is -2.23. The lowest BCUT2D eigenvalue weighted by molar-refractivity contribution is 0.0950. The molecule has 120 valence electrons. The van der Waals surface area contributed by atoms with Gasteiger partial charge < -0.3 is 5.32 Å². The summed E-state index contributed by atoms with van der Waals surface area (Å²) in [6.45, 7) is 0.377. The molecule has 3 nitrogen and oxygen atoms in total. The topological polar surface area (TPSA) is 42.0 Å². The predicted octanol–water partition coefficient (Wildman–Crippen LogP) is 4.99. The summed E-state index contributed by atoms with van der Waals surface area (Å²) in [5.41, 5.74) is 3.00. The van der Waals surface area contributed by atoms with E-state index in [0.717, 1.165) is 16.8 Å². The number of benzene rings is 2. The Labute approximate surface area is 150 Å². The van der Waals surface area contributed by atoms with Gasteiger partial charge in [0.25, 0.3) is 5.91 Å². The standard InChI is InChI=1S/C19H14Cl2N2O/c20-15-7-8-18(21)17(11-15)13-4-3-5-14(10-13)19(24)23-12-16-6-1-2-9-22-16/h1-11H,12H2,(H,23,24). The molecule has 0 aliphatic rings. The van der Waals surface area contributed by atoms with Crippen LogP contribution in [0, 0.1) is 0 Å². The maximum atomic E-state index is 12.4. The summed E-state index contributed by atoms with van der Waals surface area (Å²) in [4.78, 5) is 16.5. The highest BCUT2D eigenvalue weighted by Crippen LogP contribution is 2.30. The number of pyridine rings is 1. The van der Waals surface area contributed by atoms with Crippen LogP contribution in [-0.2, 0) is 6.54 Å².